The van der Waals surface area contributed by atoms with Gasteiger partial charge < -0.3 is 15.0 Å². The van der Waals surface area contributed by atoms with Crippen LogP contribution >= 0.6 is 15.9 Å². The Morgan fingerprint density at radius 3 is 2.16 bits per heavy atom. The van der Waals surface area contributed by atoms with E-state index in [1.54, 1.807) is 43.3 Å². The number of hydrogen-bond acceptors (Lipinski definition) is 5. The van der Waals surface area contributed by atoms with Crippen LogP contribution in [-0.2, 0) is 26.2 Å². The molecule has 196 valence electrons. The van der Waals surface area contributed by atoms with Crippen LogP contribution in [0.1, 0.15) is 19.4 Å². The molecular weight excluding hydrogens is 558 g/mol. The molecule has 10 heteroatoms. The van der Waals surface area contributed by atoms with Crippen molar-refractivity contribution in [1.29, 1.82) is 0 Å². The van der Waals surface area contributed by atoms with Crippen LogP contribution < -0.4 is 14.4 Å². The first-order chi connectivity index (χ1) is 17.7. The van der Waals surface area contributed by atoms with Crippen LogP contribution in [0.3, 0.4) is 0 Å². The SMILES string of the molecule is CCOc1ccc(N(CC(=O)N(Cc2ccccc2)[C@@H](C)C(=O)NC)S(=O)(=O)c2ccc(Br)cc2)cc1. The van der Waals surface area contributed by atoms with Crippen LogP contribution in [0.25, 0.3) is 0 Å². The van der Waals surface area contributed by atoms with Crippen LogP contribution in [0.4, 0.5) is 5.69 Å². The standard InChI is InChI=1S/C27H30BrN3O5S/c1-4-36-24-14-12-23(13-15-24)31(37(34,35)25-16-10-22(28)11-17-25)19-26(32)30(20(2)27(33)29-3)18-21-8-6-5-7-9-21/h5-17,20H,4,18-19H2,1-3H3,(H,29,33)/t20-/m0/s1. The predicted octanol–water partition coefficient (Wildman–Crippen LogP) is 4.21. The van der Waals surface area contributed by atoms with Crippen molar-refractivity contribution in [2.45, 2.75) is 31.3 Å². The molecule has 0 unspecified atom stereocenters. The van der Waals surface area contributed by atoms with Gasteiger partial charge in [0.15, 0.2) is 0 Å². The molecule has 0 radical (unpaired) electrons. The van der Waals surface area contributed by atoms with Crippen molar-refractivity contribution in [3.8, 4) is 5.75 Å². The third-order valence-corrected chi connectivity index (χ3v) is 8.04. The van der Waals surface area contributed by atoms with Crippen molar-refractivity contribution in [3.05, 3.63) is 88.9 Å². The summed E-state index contributed by atoms with van der Waals surface area (Å²) in [6.45, 7) is 3.57. The summed E-state index contributed by atoms with van der Waals surface area (Å²) in [5.74, 6) is -0.292. The van der Waals surface area contributed by atoms with Gasteiger partial charge >= 0.3 is 0 Å². The van der Waals surface area contributed by atoms with Gasteiger partial charge in [-0.1, -0.05) is 46.3 Å². The number of sulfonamides is 1. The Balaban J connectivity index is 2.02. The van der Waals surface area contributed by atoms with Crippen LogP contribution in [0.5, 0.6) is 5.75 Å². The Morgan fingerprint density at radius 1 is 0.973 bits per heavy atom. The van der Waals surface area contributed by atoms with Crippen molar-refractivity contribution in [2.24, 2.45) is 0 Å². The molecule has 37 heavy (non-hydrogen) atoms. The predicted molar refractivity (Wildman–Crippen MR) is 147 cm³/mol. The van der Waals surface area contributed by atoms with Gasteiger partial charge in [-0.2, -0.15) is 0 Å². The lowest BCUT2D eigenvalue weighted by Crippen LogP contribution is -2.50. The Hall–Kier alpha value is -3.37. The summed E-state index contributed by atoms with van der Waals surface area (Å²) in [6.07, 6.45) is 0. The molecule has 0 fully saturated rings. The lowest BCUT2D eigenvalue weighted by Gasteiger charge is -2.31. The van der Waals surface area contributed by atoms with Gasteiger partial charge in [0.25, 0.3) is 10.0 Å². The second-order valence-electron chi connectivity index (χ2n) is 8.19. The molecule has 3 aromatic rings. The second-order valence-corrected chi connectivity index (χ2v) is 11.0. The molecule has 2 amide bonds. The van der Waals surface area contributed by atoms with E-state index in [0.29, 0.717) is 18.0 Å². The van der Waals surface area contributed by atoms with Gasteiger partial charge in [-0.05, 0) is 67.9 Å². The molecule has 0 aromatic heterocycles. The van der Waals surface area contributed by atoms with E-state index in [-0.39, 0.29) is 17.3 Å². The Bertz CT molecular complexity index is 1300. The first-order valence-corrected chi connectivity index (χ1v) is 14.0. The number of carbonyl (C=O) groups excluding carboxylic acids is 2. The summed E-state index contributed by atoms with van der Waals surface area (Å²) >= 11 is 3.32. The van der Waals surface area contributed by atoms with E-state index >= 15 is 0 Å². The van der Waals surface area contributed by atoms with Gasteiger partial charge in [0.2, 0.25) is 11.8 Å². The minimum absolute atomic E-state index is 0.0337. The van der Waals surface area contributed by atoms with Gasteiger partial charge in [-0.15, -0.1) is 0 Å². The molecule has 3 aromatic carbocycles. The fourth-order valence-electron chi connectivity index (χ4n) is 3.71. The van der Waals surface area contributed by atoms with Crippen molar-refractivity contribution < 1.29 is 22.7 Å². The first-order valence-electron chi connectivity index (χ1n) is 11.7. The molecule has 0 bridgehead atoms. The molecule has 8 nitrogen and oxygen atoms in total. The molecule has 0 spiro atoms. The Kier molecular flexibility index (Phi) is 9.71. The first kappa shape index (κ1) is 28.2. The summed E-state index contributed by atoms with van der Waals surface area (Å²) in [7, 11) is -2.63. The summed E-state index contributed by atoms with van der Waals surface area (Å²) in [5.41, 5.74) is 1.11. The quantitative estimate of drug-likeness (QED) is 0.362. The lowest BCUT2D eigenvalue weighted by atomic mass is 10.1. The number of rotatable bonds is 11. The third-order valence-electron chi connectivity index (χ3n) is 5.73. The van der Waals surface area contributed by atoms with E-state index in [1.165, 1.54) is 24.1 Å². The molecule has 0 saturated heterocycles. The molecule has 0 saturated carbocycles. The Labute approximate surface area is 226 Å². The monoisotopic (exact) mass is 587 g/mol. The molecule has 0 aliphatic rings. The number of likely N-dealkylation sites (N-methyl/N-ethyl adjacent to an activating group) is 1. The zero-order chi connectivity index (χ0) is 27.0. The van der Waals surface area contributed by atoms with E-state index in [4.69, 9.17) is 4.74 Å². The molecule has 0 heterocycles. The van der Waals surface area contributed by atoms with Crippen LogP contribution in [0.2, 0.25) is 0 Å². The summed E-state index contributed by atoms with van der Waals surface area (Å²) in [4.78, 5) is 27.6. The highest BCUT2D eigenvalue weighted by molar-refractivity contribution is 9.10. The highest BCUT2D eigenvalue weighted by atomic mass is 79.9. The fraction of sp³-hybridized carbons (Fsp3) is 0.259. The van der Waals surface area contributed by atoms with Crippen molar-refractivity contribution >= 4 is 43.5 Å². The molecular formula is C27H30BrN3O5S. The number of anilines is 1. The average molecular weight is 589 g/mol. The van der Waals surface area contributed by atoms with Crippen molar-refractivity contribution in [2.75, 3.05) is 24.5 Å². The van der Waals surface area contributed by atoms with E-state index in [0.717, 1.165) is 14.3 Å². The number of nitrogens with zero attached hydrogens (tertiary/aromatic N) is 2. The van der Waals surface area contributed by atoms with E-state index < -0.39 is 28.5 Å². The molecule has 1 atom stereocenters. The lowest BCUT2D eigenvalue weighted by molar-refractivity contribution is -0.139. The average Bonchev–Trinajstić information content (AvgIpc) is 2.91. The van der Waals surface area contributed by atoms with Gasteiger partial charge in [0.05, 0.1) is 17.2 Å². The largest absolute Gasteiger partial charge is 0.494 e. The summed E-state index contributed by atoms with van der Waals surface area (Å²) in [6, 6.07) is 21.1. The number of benzene rings is 3. The summed E-state index contributed by atoms with van der Waals surface area (Å²) < 4.78 is 34.8. The minimum atomic E-state index is -4.13. The number of nitrogens with one attached hydrogen (secondary N) is 1. The Morgan fingerprint density at radius 2 is 1.59 bits per heavy atom. The normalized spacial score (nSPS) is 11.9. The van der Waals surface area contributed by atoms with Gasteiger partial charge in [-0.25, -0.2) is 8.42 Å². The minimum Gasteiger partial charge on any atom is -0.494 e. The number of carbonyl (C=O) groups is 2. The maximum Gasteiger partial charge on any atom is 0.264 e. The topological polar surface area (TPSA) is 96.0 Å². The van der Waals surface area contributed by atoms with E-state index in [2.05, 4.69) is 21.2 Å². The highest BCUT2D eigenvalue weighted by Gasteiger charge is 2.32. The highest BCUT2D eigenvalue weighted by Crippen LogP contribution is 2.27. The fourth-order valence-corrected chi connectivity index (χ4v) is 5.39. The smallest absolute Gasteiger partial charge is 0.264 e. The zero-order valence-electron chi connectivity index (χ0n) is 20.9. The molecule has 1 N–H and O–H groups in total. The zero-order valence-corrected chi connectivity index (χ0v) is 23.3. The number of hydrogen-bond donors (Lipinski definition) is 1. The molecule has 3 rings (SSSR count). The maximum atomic E-state index is 13.8. The van der Waals surface area contributed by atoms with Crippen molar-refractivity contribution in [1.82, 2.24) is 10.2 Å². The van der Waals surface area contributed by atoms with Gasteiger partial charge in [0.1, 0.15) is 18.3 Å². The maximum absolute atomic E-state index is 13.8. The number of amides is 2. The van der Waals surface area contributed by atoms with Gasteiger partial charge in [0, 0.05) is 18.1 Å². The van der Waals surface area contributed by atoms with Crippen molar-refractivity contribution in [3.63, 3.8) is 0 Å². The van der Waals surface area contributed by atoms with Crippen LogP contribution in [0.15, 0.2) is 88.2 Å². The number of ether oxygens (including phenoxy) is 1. The second kappa shape index (κ2) is 12.7. The summed E-state index contributed by atoms with van der Waals surface area (Å²) in [5, 5.41) is 2.57. The van der Waals surface area contributed by atoms with E-state index in [9.17, 15) is 18.0 Å². The van der Waals surface area contributed by atoms with E-state index in [1.807, 2.05) is 37.3 Å². The van der Waals surface area contributed by atoms with Crippen LogP contribution in [0, 0.1) is 0 Å². The van der Waals surface area contributed by atoms with Gasteiger partial charge in [-0.3, -0.25) is 13.9 Å². The molecule has 0 aliphatic carbocycles. The molecule has 0 aliphatic heterocycles. The number of halogens is 1. The van der Waals surface area contributed by atoms with Crippen LogP contribution in [-0.4, -0.2) is 51.4 Å². The third kappa shape index (κ3) is 7.11.